The van der Waals surface area contributed by atoms with Crippen LogP contribution in [0.4, 0.5) is 0 Å². The van der Waals surface area contributed by atoms with Crippen molar-refractivity contribution in [3.8, 4) is 5.75 Å². The number of nitrogens with one attached hydrogen (secondary N) is 1. The highest BCUT2D eigenvalue weighted by Gasteiger charge is 2.09. The van der Waals surface area contributed by atoms with E-state index in [-0.39, 0.29) is 5.54 Å². The van der Waals surface area contributed by atoms with Crippen molar-refractivity contribution in [2.45, 2.75) is 52.0 Å². The predicted octanol–water partition coefficient (Wildman–Crippen LogP) is 5.10. The van der Waals surface area contributed by atoms with E-state index in [4.69, 9.17) is 27.9 Å². The Bertz CT molecular complexity index is 427. The van der Waals surface area contributed by atoms with E-state index in [1.807, 2.05) is 6.07 Å². The monoisotopic (exact) mass is 317 g/mol. The quantitative estimate of drug-likeness (QED) is 0.706. The topological polar surface area (TPSA) is 21.3 Å². The molecule has 2 nitrogen and oxygen atoms in total. The Kier molecular flexibility index (Phi) is 7.14. The van der Waals surface area contributed by atoms with Crippen molar-refractivity contribution in [1.82, 2.24) is 5.32 Å². The average Bonchev–Trinajstić information content (AvgIpc) is 2.35. The fourth-order valence-corrected chi connectivity index (χ4v) is 2.51. The number of rotatable bonds is 7. The van der Waals surface area contributed by atoms with Gasteiger partial charge in [0, 0.05) is 16.6 Å². The molecule has 20 heavy (non-hydrogen) atoms. The van der Waals surface area contributed by atoms with Gasteiger partial charge >= 0.3 is 0 Å². The van der Waals surface area contributed by atoms with E-state index in [1.165, 1.54) is 12.8 Å². The van der Waals surface area contributed by atoms with Gasteiger partial charge in [0.1, 0.15) is 5.75 Å². The standard InChI is InChI=1S/C16H25Cl2NO/c1-16(2,3)19-9-7-5-6-8-12-10-14(18)15(20-4)11-13(12)17/h10-11,19H,5-9H2,1-4H3. The van der Waals surface area contributed by atoms with Crippen molar-refractivity contribution in [2.75, 3.05) is 13.7 Å². The normalized spacial score (nSPS) is 11.7. The Balaban J connectivity index is 2.34. The lowest BCUT2D eigenvalue weighted by Gasteiger charge is -2.20. The molecule has 0 aliphatic heterocycles. The molecule has 4 heteroatoms. The van der Waals surface area contributed by atoms with Crippen LogP contribution in [0.25, 0.3) is 0 Å². The van der Waals surface area contributed by atoms with E-state index in [2.05, 4.69) is 26.1 Å². The Morgan fingerprint density at radius 2 is 1.75 bits per heavy atom. The van der Waals surface area contributed by atoms with Crippen LogP contribution in [0.2, 0.25) is 10.0 Å². The molecule has 1 aromatic rings. The minimum atomic E-state index is 0.201. The molecular formula is C16H25Cl2NO. The Hall–Kier alpha value is -0.440. The summed E-state index contributed by atoms with van der Waals surface area (Å²) in [6.45, 7) is 7.62. The maximum Gasteiger partial charge on any atom is 0.138 e. The largest absolute Gasteiger partial charge is 0.495 e. The first kappa shape index (κ1) is 17.6. The molecule has 1 aromatic carbocycles. The van der Waals surface area contributed by atoms with Gasteiger partial charge in [0.05, 0.1) is 12.1 Å². The van der Waals surface area contributed by atoms with Gasteiger partial charge in [-0.1, -0.05) is 29.6 Å². The summed E-state index contributed by atoms with van der Waals surface area (Å²) >= 11 is 12.3. The molecule has 0 spiro atoms. The molecule has 0 saturated carbocycles. The van der Waals surface area contributed by atoms with Crippen LogP contribution in [-0.2, 0) is 6.42 Å². The van der Waals surface area contributed by atoms with Crippen molar-refractivity contribution < 1.29 is 4.74 Å². The molecule has 114 valence electrons. The number of aryl methyl sites for hydroxylation is 1. The summed E-state index contributed by atoms with van der Waals surface area (Å²) < 4.78 is 5.15. The Morgan fingerprint density at radius 1 is 1.05 bits per heavy atom. The third-order valence-electron chi connectivity index (χ3n) is 3.10. The van der Waals surface area contributed by atoms with Crippen LogP contribution in [0, 0.1) is 0 Å². The van der Waals surface area contributed by atoms with Crippen LogP contribution in [0.15, 0.2) is 12.1 Å². The summed E-state index contributed by atoms with van der Waals surface area (Å²) in [5, 5.41) is 4.85. The van der Waals surface area contributed by atoms with Gasteiger partial charge in [-0.15, -0.1) is 0 Å². The minimum absolute atomic E-state index is 0.201. The zero-order valence-electron chi connectivity index (χ0n) is 12.9. The van der Waals surface area contributed by atoms with Crippen molar-refractivity contribution in [2.24, 2.45) is 0 Å². The molecule has 0 aliphatic carbocycles. The first-order valence-electron chi connectivity index (χ1n) is 7.10. The highest BCUT2D eigenvalue weighted by Crippen LogP contribution is 2.31. The van der Waals surface area contributed by atoms with E-state index in [0.717, 1.165) is 30.0 Å². The fraction of sp³-hybridized carbons (Fsp3) is 0.625. The van der Waals surface area contributed by atoms with Gasteiger partial charge in [-0.25, -0.2) is 0 Å². The van der Waals surface area contributed by atoms with Gasteiger partial charge < -0.3 is 10.1 Å². The van der Waals surface area contributed by atoms with Gasteiger partial charge in [0.2, 0.25) is 0 Å². The maximum atomic E-state index is 6.23. The van der Waals surface area contributed by atoms with Crippen LogP contribution in [0.5, 0.6) is 5.75 Å². The van der Waals surface area contributed by atoms with E-state index < -0.39 is 0 Å². The molecule has 0 atom stereocenters. The third kappa shape index (κ3) is 6.34. The second kappa shape index (κ2) is 8.11. The summed E-state index contributed by atoms with van der Waals surface area (Å²) in [6, 6.07) is 3.70. The number of hydrogen-bond acceptors (Lipinski definition) is 2. The fourth-order valence-electron chi connectivity index (χ4n) is 2.00. The number of benzene rings is 1. The van der Waals surface area contributed by atoms with Crippen LogP contribution in [0.1, 0.15) is 45.6 Å². The van der Waals surface area contributed by atoms with E-state index in [1.54, 1.807) is 13.2 Å². The molecule has 0 amide bonds. The van der Waals surface area contributed by atoms with E-state index in [0.29, 0.717) is 10.8 Å². The number of ether oxygens (including phenoxy) is 1. The number of unbranched alkanes of at least 4 members (excludes halogenated alkanes) is 2. The SMILES string of the molecule is COc1cc(Cl)c(CCCCCNC(C)(C)C)cc1Cl. The maximum absolute atomic E-state index is 6.23. The lowest BCUT2D eigenvalue weighted by Crippen LogP contribution is -2.36. The molecule has 0 heterocycles. The van der Waals surface area contributed by atoms with Crippen molar-refractivity contribution >= 4 is 23.2 Å². The number of halogens is 2. The van der Waals surface area contributed by atoms with Gasteiger partial charge in [-0.2, -0.15) is 0 Å². The zero-order chi connectivity index (χ0) is 15.2. The molecule has 0 aromatic heterocycles. The first-order chi connectivity index (χ1) is 9.33. The average molecular weight is 318 g/mol. The number of methoxy groups -OCH3 is 1. The van der Waals surface area contributed by atoms with Gasteiger partial charge in [-0.3, -0.25) is 0 Å². The lowest BCUT2D eigenvalue weighted by molar-refractivity contribution is 0.414. The summed E-state index contributed by atoms with van der Waals surface area (Å²) in [4.78, 5) is 0. The Morgan fingerprint density at radius 3 is 2.35 bits per heavy atom. The van der Waals surface area contributed by atoms with Gasteiger partial charge in [0.25, 0.3) is 0 Å². The Labute approximate surface area is 132 Å². The number of hydrogen-bond donors (Lipinski definition) is 1. The highest BCUT2D eigenvalue weighted by molar-refractivity contribution is 6.34. The minimum Gasteiger partial charge on any atom is -0.495 e. The van der Waals surface area contributed by atoms with Crippen LogP contribution in [0.3, 0.4) is 0 Å². The van der Waals surface area contributed by atoms with Crippen molar-refractivity contribution in [1.29, 1.82) is 0 Å². The molecule has 0 unspecified atom stereocenters. The second-order valence-electron chi connectivity index (χ2n) is 6.07. The van der Waals surface area contributed by atoms with Crippen LogP contribution < -0.4 is 10.1 Å². The van der Waals surface area contributed by atoms with E-state index >= 15 is 0 Å². The van der Waals surface area contributed by atoms with Crippen LogP contribution >= 0.6 is 23.2 Å². The zero-order valence-corrected chi connectivity index (χ0v) is 14.4. The van der Waals surface area contributed by atoms with E-state index in [9.17, 15) is 0 Å². The summed E-state index contributed by atoms with van der Waals surface area (Å²) in [5.41, 5.74) is 1.30. The molecular weight excluding hydrogens is 293 g/mol. The smallest absolute Gasteiger partial charge is 0.138 e. The lowest BCUT2D eigenvalue weighted by atomic mass is 10.1. The molecule has 1 N–H and O–H groups in total. The van der Waals surface area contributed by atoms with Crippen molar-refractivity contribution in [3.05, 3.63) is 27.7 Å². The van der Waals surface area contributed by atoms with Gasteiger partial charge in [-0.05, 0) is 58.2 Å². The third-order valence-corrected chi connectivity index (χ3v) is 3.75. The summed E-state index contributed by atoms with van der Waals surface area (Å²) in [5.74, 6) is 0.634. The first-order valence-corrected chi connectivity index (χ1v) is 7.86. The molecule has 1 rings (SSSR count). The molecule has 0 radical (unpaired) electrons. The molecule has 0 saturated heterocycles. The predicted molar refractivity (Wildman–Crippen MR) is 88.3 cm³/mol. The van der Waals surface area contributed by atoms with Crippen LogP contribution in [-0.4, -0.2) is 19.2 Å². The molecule has 0 bridgehead atoms. The second-order valence-corrected chi connectivity index (χ2v) is 6.88. The molecule has 0 aliphatic rings. The summed E-state index contributed by atoms with van der Waals surface area (Å²) in [7, 11) is 1.60. The van der Waals surface area contributed by atoms with Gasteiger partial charge in [0.15, 0.2) is 0 Å². The molecule has 0 fully saturated rings. The summed E-state index contributed by atoms with van der Waals surface area (Å²) in [6.07, 6.45) is 4.44. The highest BCUT2D eigenvalue weighted by atomic mass is 35.5. The van der Waals surface area contributed by atoms with Crippen molar-refractivity contribution in [3.63, 3.8) is 0 Å².